The van der Waals surface area contributed by atoms with Crippen molar-refractivity contribution in [3.8, 4) is 17.2 Å². The second kappa shape index (κ2) is 8.86. The molecule has 0 saturated carbocycles. The lowest BCUT2D eigenvalue weighted by molar-refractivity contribution is -0.139. The van der Waals surface area contributed by atoms with Gasteiger partial charge < -0.3 is 29.3 Å². The number of carbonyl (C=O) groups excluding carboxylic acids is 3. The zero-order chi connectivity index (χ0) is 22.9. The minimum atomic E-state index is -0.584. The molecule has 0 bridgehead atoms. The van der Waals surface area contributed by atoms with Gasteiger partial charge in [0.15, 0.2) is 11.5 Å². The molecule has 2 aromatic rings. The van der Waals surface area contributed by atoms with Crippen molar-refractivity contribution < 1.29 is 28.6 Å². The predicted molar refractivity (Wildman–Crippen MR) is 123 cm³/mol. The largest absolute Gasteiger partial charge is 0.497 e. The van der Waals surface area contributed by atoms with Crippen LogP contribution in [-0.4, -0.2) is 60.7 Å². The Balaban J connectivity index is 1.25. The SMILES string of the molecule is COc1ccc(NC(=O)C2CSCN2C(=O)C2CC(=O)N(c3ccc4c(c3)OCO4)C2)cc1. The highest BCUT2D eigenvalue weighted by Crippen LogP contribution is 2.37. The monoisotopic (exact) mass is 469 g/mol. The van der Waals surface area contributed by atoms with E-state index in [1.165, 1.54) is 11.8 Å². The van der Waals surface area contributed by atoms with Gasteiger partial charge in [0.1, 0.15) is 11.8 Å². The number of rotatable bonds is 5. The molecule has 1 N–H and O–H groups in total. The van der Waals surface area contributed by atoms with Gasteiger partial charge in [0.2, 0.25) is 24.5 Å². The molecule has 172 valence electrons. The van der Waals surface area contributed by atoms with Crippen molar-refractivity contribution in [2.75, 3.05) is 42.3 Å². The maximum absolute atomic E-state index is 13.3. The van der Waals surface area contributed by atoms with Crippen molar-refractivity contribution in [3.63, 3.8) is 0 Å². The van der Waals surface area contributed by atoms with Crippen LogP contribution in [0.25, 0.3) is 0 Å². The average molecular weight is 470 g/mol. The highest BCUT2D eigenvalue weighted by molar-refractivity contribution is 7.99. The van der Waals surface area contributed by atoms with E-state index in [0.29, 0.717) is 40.3 Å². The molecule has 2 aromatic carbocycles. The maximum Gasteiger partial charge on any atom is 0.248 e. The van der Waals surface area contributed by atoms with Crippen molar-refractivity contribution in [1.29, 1.82) is 0 Å². The third-order valence-electron chi connectivity index (χ3n) is 5.97. The zero-order valence-electron chi connectivity index (χ0n) is 18.0. The van der Waals surface area contributed by atoms with Gasteiger partial charge in [-0.2, -0.15) is 0 Å². The van der Waals surface area contributed by atoms with E-state index in [9.17, 15) is 14.4 Å². The number of methoxy groups -OCH3 is 1. The third-order valence-corrected chi connectivity index (χ3v) is 6.98. The number of benzene rings is 2. The fourth-order valence-electron chi connectivity index (χ4n) is 4.19. The minimum absolute atomic E-state index is 0.112. The minimum Gasteiger partial charge on any atom is -0.497 e. The Labute approximate surface area is 195 Å². The highest BCUT2D eigenvalue weighted by Gasteiger charge is 2.42. The summed E-state index contributed by atoms with van der Waals surface area (Å²) in [5.41, 5.74) is 1.30. The van der Waals surface area contributed by atoms with E-state index in [0.717, 1.165) is 0 Å². The molecule has 3 heterocycles. The van der Waals surface area contributed by atoms with Crippen molar-refractivity contribution in [2.24, 2.45) is 5.92 Å². The Bertz CT molecular complexity index is 1090. The van der Waals surface area contributed by atoms with Gasteiger partial charge in [0.05, 0.1) is 18.9 Å². The topological polar surface area (TPSA) is 97.4 Å². The van der Waals surface area contributed by atoms with E-state index in [2.05, 4.69) is 5.32 Å². The van der Waals surface area contributed by atoms with Crippen molar-refractivity contribution in [1.82, 2.24) is 4.90 Å². The molecule has 3 aliphatic heterocycles. The van der Waals surface area contributed by atoms with E-state index in [1.807, 2.05) is 0 Å². The van der Waals surface area contributed by atoms with Crippen LogP contribution in [0, 0.1) is 5.92 Å². The molecule has 33 heavy (non-hydrogen) atoms. The molecule has 5 rings (SSSR count). The second-order valence-corrected chi connectivity index (χ2v) is 8.98. The molecule has 2 atom stereocenters. The van der Waals surface area contributed by atoms with Crippen LogP contribution in [0.5, 0.6) is 17.2 Å². The second-order valence-electron chi connectivity index (χ2n) is 7.98. The Morgan fingerprint density at radius 3 is 2.70 bits per heavy atom. The van der Waals surface area contributed by atoms with Gasteiger partial charge in [-0.1, -0.05) is 0 Å². The summed E-state index contributed by atoms with van der Waals surface area (Å²) in [4.78, 5) is 42.1. The summed E-state index contributed by atoms with van der Waals surface area (Å²) in [6.45, 7) is 0.422. The van der Waals surface area contributed by atoms with E-state index < -0.39 is 12.0 Å². The first-order valence-corrected chi connectivity index (χ1v) is 11.7. The Morgan fingerprint density at radius 2 is 1.91 bits per heavy atom. The molecule has 10 heteroatoms. The molecular formula is C23H23N3O6S. The summed E-state index contributed by atoms with van der Waals surface area (Å²) in [7, 11) is 1.58. The molecule has 9 nitrogen and oxygen atoms in total. The van der Waals surface area contributed by atoms with Gasteiger partial charge in [-0.3, -0.25) is 14.4 Å². The zero-order valence-corrected chi connectivity index (χ0v) is 18.8. The Kier molecular flexibility index (Phi) is 5.76. The number of nitrogens with zero attached hydrogens (tertiary/aromatic N) is 2. The molecule has 0 radical (unpaired) electrons. The molecule has 2 unspecified atom stereocenters. The van der Waals surface area contributed by atoms with Crippen LogP contribution in [0.4, 0.5) is 11.4 Å². The van der Waals surface area contributed by atoms with Gasteiger partial charge in [0.25, 0.3) is 0 Å². The molecule has 3 aliphatic rings. The fraction of sp³-hybridized carbons (Fsp3) is 0.348. The number of anilines is 2. The highest BCUT2D eigenvalue weighted by atomic mass is 32.2. The van der Waals surface area contributed by atoms with Gasteiger partial charge in [0, 0.05) is 36.2 Å². The van der Waals surface area contributed by atoms with Crippen molar-refractivity contribution >= 4 is 40.9 Å². The molecule has 3 amide bonds. The van der Waals surface area contributed by atoms with Crippen molar-refractivity contribution in [3.05, 3.63) is 42.5 Å². The van der Waals surface area contributed by atoms with Crippen LogP contribution < -0.4 is 24.4 Å². The fourth-order valence-corrected chi connectivity index (χ4v) is 5.35. The number of hydrogen-bond donors (Lipinski definition) is 1. The standard InChI is InChI=1S/C23H23N3O6S/c1-30-17-5-2-15(3-6-17)24-22(28)18-11-33-12-26(18)23(29)14-8-21(27)25(10-14)16-4-7-19-20(9-16)32-13-31-19/h2-7,9,14,18H,8,10-13H2,1H3,(H,24,28). The third kappa shape index (κ3) is 4.18. The smallest absolute Gasteiger partial charge is 0.248 e. The molecule has 2 saturated heterocycles. The first-order chi connectivity index (χ1) is 16.0. The van der Waals surface area contributed by atoms with E-state index in [4.69, 9.17) is 14.2 Å². The van der Waals surface area contributed by atoms with Crippen LogP contribution in [0.2, 0.25) is 0 Å². The number of thioether (sulfide) groups is 1. The summed E-state index contributed by atoms with van der Waals surface area (Å²) in [6, 6.07) is 11.7. The van der Waals surface area contributed by atoms with Gasteiger partial charge in [-0.15, -0.1) is 11.8 Å². The lowest BCUT2D eigenvalue weighted by Crippen LogP contribution is -2.47. The quantitative estimate of drug-likeness (QED) is 0.718. The first kappa shape index (κ1) is 21.4. The van der Waals surface area contributed by atoms with Crippen molar-refractivity contribution in [2.45, 2.75) is 12.5 Å². The normalized spacial score (nSPS) is 21.4. The summed E-state index contributed by atoms with van der Waals surface area (Å²) >= 11 is 1.53. The summed E-state index contributed by atoms with van der Waals surface area (Å²) < 4.78 is 15.9. The van der Waals surface area contributed by atoms with Gasteiger partial charge >= 0.3 is 0 Å². The first-order valence-electron chi connectivity index (χ1n) is 10.6. The van der Waals surface area contributed by atoms with Crippen LogP contribution >= 0.6 is 11.8 Å². The predicted octanol–water partition coefficient (Wildman–Crippen LogP) is 2.32. The van der Waals surface area contributed by atoms with Crippen LogP contribution in [0.15, 0.2) is 42.5 Å². The number of fused-ring (bicyclic) bond motifs is 1. The van der Waals surface area contributed by atoms with E-state index >= 15 is 0 Å². The summed E-state index contributed by atoms with van der Waals surface area (Å²) in [6.07, 6.45) is 0.112. The maximum atomic E-state index is 13.3. The van der Waals surface area contributed by atoms with Crippen LogP contribution in [0.1, 0.15) is 6.42 Å². The number of hydrogen-bond acceptors (Lipinski definition) is 7. The number of nitrogens with one attached hydrogen (secondary N) is 1. The summed E-state index contributed by atoms with van der Waals surface area (Å²) in [5.74, 6) is 1.81. The van der Waals surface area contributed by atoms with Gasteiger partial charge in [-0.25, -0.2) is 0 Å². The Morgan fingerprint density at radius 1 is 1.12 bits per heavy atom. The van der Waals surface area contributed by atoms with E-state index in [-0.39, 0.29) is 37.5 Å². The Hall–Kier alpha value is -3.40. The molecular weight excluding hydrogens is 446 g/mol. The molecule has 2 fully saturated rings. The number of ether oxygens (including phenoxy) is 3. The average Bonchev–Trinajstić information content (AvgIpc) is 3.58. The summed E-state index contributed by atoms with van der Waals surface area (Å²) in [5, 5.41) is 2.87. The molecule has 0 spiro atoms. The van der Waals surface area contributed by atoms with Crippen LogP contribution in [0.3, 0.4) is 0 Å². The lowest BCUT2D eigenvalue weighted by Gasteiger charge is -2.26. The number of amides is 3. The molecule has 0 aromatic heterocycles. The van der Waals surface area contributed by atoms with Crippen LogP contribution in [-0.2, 0) is 14.4 Å². The number of carbonyl (C=O) groups is 3. The van der Waals surface area contributed by atoms with Gasteiger partial charge in [-0.05, 0) is 36.4 Å². The lowest BCUT2D eigenvalue weighted by atomic mass is 10.1. The molecule has 0 aliphatic carbocycles. The van der Waals surface area contributed by atoms with E-state index in [1.54, 1.807) is 59.4 Å².